The first-order chi connectivity index (χ1) is 7.45. The second-order valence-corrected chi connectivity index (χ2v) is 4.48. The lowest BCUT2D eigenvalue weighted by molar-refractivity contribution is 0.363. The Hall–Kier alpha value is -1.03. The summed E-state index contributed by atoms with van der Waals surface area (Å²) in [4.78, 5) is 4.46. The van der Waals surface area contributed by atoms with Crippen molar-refractivity contribution in [2.24, 2.45) is 0 Å². The summed E-state index contributed by atoms with van der Waals surface area (Å²) in [5, 5.41) is 6.83. The molecule has 2 aliphatic heterocycles. The predicted molar refractivity (Wildman–Crippen MR) is 60.2 cm³/mol. The first kappa shape index (κ1) is 9.21. The van der Waals surface area contributed by atoms with E-state index in [2.05, 4.69) is 20.2 Å². The Morgan fingerprint density at radius 3 is 3.20 bits per heavy atom. The van der Waals surface area contributed by atoms with Crippen molar-refractivity contribution < 1.29 is 0 Å². The predicted octanol–water partition coefficient (Wildman–Crippen LogP) is 1.17. The minimum absolute atomic E-state index is 0.620. The third-order valence-corrected chi connectivity index (χ3v) is 3.44. The molecule has 1 aromatic rings. The van der Waals surface area contributed by atoms with Gasteiger partial charge in [0.25, 0.3) is 0 Å². The molecule has 1 atom stereocenters. The molecule has 0 aromatic carbocycles. The van der Waals surface area contributed by atoms with Crippen LogP contribution in [0.25, 0.3) is 0 Å². The molecule has 3 heterocycles. The summed E-state index contributed by atoms with van der Waals surface area (Å²) < 4.78 is 2.38. The fourth-order valence-corrected chi connectivity index (χ4v) is 2.63. The lowest BCUT2D eigenvalue weighted by atomic mass is 10.1. The van der Waals surface area contributed by atoms with Gasteiger partial charge in [-0.3, -0.25) is 0 Å². The Kier molecular flexibility index (Phi) is 2.37. The van der Waals surface area contributed by atoms with Crippen LogP contribution < -0.4 is 10.6 Å². The zero-order valence-electron chi connectivity index (χ0n) is 9.00. The molecule has 1 saturated heterocycles. The molecule has 1 fully saturated rings. The highest BCUT2D eigenvalue weighted by Gasteiger charge is 2.21. The molecule has 0 radical (unpaired) electrons. The van der Waals surface area contributed by atoms with E-state index in [0.717, 1.165) is 18.9 Å². The smallest absolute Gasteiger partial charge is 0.147 e. The van der Waals surface area contributed by atoms with Gasteiger partial charge in [-0.05, 0) is 32.2 Å². The summed E-state index contributed by atoms with van der Waals surface area (Å²) in [6.45, 7) is 3.35. The highest BCUT2D eigenvalue weighted by molar-refractivity contribution is 5.43. The number of imidazole rings is 1. The molecule has 0 amide bonds. The van der Waals surface area contributed by atoms with Crippen molar-refractivity contribution in [3.05, 3.63) is 12.0 Å². The van der Waals surface area contributed by atoms with Crippen LogP contribution in [0.15, 0.2) is 6.33 Å². The van der Waals surface area contributed by atoms with E-state index in [0.29, 0.717) is 6.04 Å². The maximum absolute atomic E-state index is 4.46. The van der Waals surface area contributed by atoms with Crippen molar-refractivity contribution in [1.82, 2.24) is 14.9 Å². The molecule has 2 aliphatic rings. The summed E-state index contributed by atoms with van der Waals surface area (Å²) in [5.41, 5.74) is 1.41. The maximum atomic E-state index is 4.46. The Morgan fingerprint density at radius 1 is 1.33 bits per heavy atom. The summed E-state index contributed by atoms with van der Waals surface area (Å²) in [6, 6.07) is 0.620. The van der Waals surface area contributed by atoms with Gasteiger partial charge >= 0.3 is 0 Å². The zero-order valence-corrected chi connectivity index (χ0v) is 9.00. The topological polar surface area (TPSA) is 41.9 Å². The van der Waals surface area contributed by atoms with Gasteiger partial charge in [0.1, 0.15) is 5.82 Å². The van der Waals surface area contributed by atoms with Crippen LogP contribution in [0.4, 0.5) is 5.82 Å². The van der Waals surface area contributed by atoms with E-state index >= 15 is 0 Å². The maximum Gasteiger partial charge on any atom is 0.147 e. The summed E-state index contributed by atoms with van der Waals surface area (Å²) in [7, 11) is 0. The Bertz CT molecular complexity index is 338. The third kappa shape index (κ3) is 1.63. The molecular weight excluding hydrogens is 188 g/mol. The lowest BCUT2D eigenvalue weighted by Gasteiger charge is -2.26. The Balaban J connectivity index is 1.87. The minimum Gasteiger partial charge on any atom is -0.369 e. The Morgan fingerprint density at radius 2 is 2.33 bits per heavy atom. The van der Waals surface area contributed by atoms with Crippen LogP contribution in [0.2, 0.25) is 0 Å². The van der Waals surface area contributed by atoms with Gasteiger partial charge in [0.2, 0.25) is 0 Å². The van der Waals surface area contributed by atoms with Crippen LogP contribution in [-0.4, -0.2) is 29.2 Å². The molecule has 0 unspecified atom stereocenters. The van der Waals surface area contributed by atoms with Crippen LogP contribution in [0.3, 0.4) is 0 Å². The van der Waals surface area contributed by atoms with Crippen molar-refractivity contribution in [2.45, 2.75) is 31.7 Å². The number of hydrogen-bond donors (Lipinski definition) is 2. The van der Waals surface area contributed by atoms with Gasteiger partial charge in [-0.2, -0.15) is 0 Å². The van der Waals surface area contributed by atoms with E-state index in [-0.39, 0.29) is 0 Å². The highest BCUT2D eigenvalue weighted by Crippen LogP contribution is 2.26. The molecule has 0 spiro atoms. The summed E-state index contributed by atoms with van der Waals surface area (Å²) in [6.07, 6.45) is 7.00. The molecule has 1 aromatic heterocycles. The van der Waals surface area contributed by atoms with E-state index in [1.165, 1.54) is 37.9 Å². The fourth-order valence-electron chi connectivity index (χ4n) is 2.63. The van der Waals surface area contributed by atoms with Crippen LogP contribution >= 0.6 is 0 Å². The van der Waals surface area contributed by atoms with Crippen LogP contribution in [0.1, 0.15) is 31.0 Å². The summed E-state index contributed by atoms with van der Waals surface area (Å²) in [5.74, 6) is 1.12. The van der Waals surface area contributed by atoms with Gasteiger partial charge in [0.15, 0.2) is 0 Å². The van der Waals surface area contributed by atoms with Crippen LogP contribution in [0.5, 0.6) is 0 Å². The fraction of sp³-hybridized carbons (Fsp3) is 0.727. The number of anilines is 1. The van der Waals surface area contributed by atoms with Crippen molar-refractivity contribution in [3.63, 3.8) is 0 Å². The first-order valence-electron chi connectivity index (χ1n) is 5.95. The monoisotopic (exact) mass is 206 g/mol. The van der Waals surface area contributed by atoms with Crippen molar-refractivity contribution in [1.29, 1.82) is 0 Å². The van der Waals surface area contributed by atoms with Gasteiger partial charge < -0.3 is 15.2 Å². The van der Waals surface area contributed by atoms with E-state index in [1.54, 1.807) is 0 Å². The zero-order chi connectivity index (χ0) is 10.1. The molecule has 0 saturated carbocycles. The van der Waals surface area contributed by atoms with Crippen LogP contribution in [-0.2, 0) is 6.42 Å². The van der Waals surface area contributed by atoms with Gasteiger partial charge in [-0.15, -0.1) is 0 Å². The average Bonchev–Trinajstić information content (AvgIpc) is 2.74. The molecule has 0 aliphatic carbocycles. The second kappa shape index (κ2) is 3.85. The SMILES string of the molecule is c1nc2c(n1[C@@H]1CCCNC1)CCCN2. The molecule has 82 valence electrons. The standard InChI is InChI=1S/C11H18N4/c1-3-9(7-12-5-1)15-8-14-11-10(15)4-2-6-13-11/h8-9,12-13H,1-7H2/t9-/m1/s1. The number of nitrogens with one attached hydrogen (secondary N) is 2. The second-order valence-electron chi connectivity index (χ2n) is 4.48. The minimum atomic E-state index is 0.620. The van der Waals surface area contributed by atoms with Crippen molar-refractivity contribution >= 4 is 5.82 Å². The number of fused-ring (bicyclic) bond motifs is 1. The highest BCUT2D eigenvalue weighted by atomic mass is 15.2. The van der Waals surface area contributed by atoms with Gasteiger partial charge in [-0.1, -0.05) is 0 Å². The van der Waals surface area contributed by atoms with Gasteiger partial charge in [0, 0.05) is 19.1 Å². The molecule has 0 bridgehead atoms. The third-order valence-electron chi connectivity index (χ3n) is 3.44. The molecule has 15 heavy (non-hydrogen) atoms. The molecule has 2 N–H and O–H groups in total. The van der Waals surface area contributed by atoms with Crippen molar-refractivity contribution in [3.8, 4) is 0 Å². The number of hydrogen-bond acceptors (Lipinski definition) is 3. The number of piperidine rings is 1. The van der Waals surface area contributed by atoms with E-state index in [4.69, 9.17) is 0 Å². The van der Waals surface area contributed by atoms with Crippen molar-refractivity contribution in [2.75, 3.05) is 25.0 Å². The number of nitrogens with zero attached hydrogens (tertiary/aromatic N) is 2. The summed E-state index contributed by atoms with van der Waals surface area (Å²) >= 11 is 0. The van der Waals surface area contributed by atoms with Gasteiger partial charge in [-0.25, -0.2) is 4.98 Å². The molecular formula is C11H18N4. The average molecular weight is 206 g/mol. The largest absolute Gasteiger partial charge is 0.369 e. The quantitative estimate of drug-likeness (QED) is 0.724. The normalized spacial score (nSPS) is 25.7. The van der Waals surface area contributed by atoms with E-state index in [9.17, 15) is 0 Å². The van der Waals surface area contributed by atoms with E-state index in [1.807, 2.05) is 6.33 Å². The Labute approximate surface area is 90.1 Å². The van der Waals surface area contributed by atoms with Crippen LogP contribution in [0, 0.1) is 0 Å². The molecule has 4 nitrogen and oxygen atoms in total. The molecule has 3 rings (SSSR count). The number of rotatable bonds is 1. The van der Waals surface area contributed by atoms with E-state index < -0.39 is 0 Å². The number of aromatic nitrogens is 2. The molecule has 4 heteroatoms. The first-order valence-corrected chi connectivity index (χ1v) is 5.95. The lowest BCUT2D eigenvalue weighted by Crippen LogP contribution is -2.32. The van der Waals surface area contributed by atoms with Gasteiger partial charge in [0.05, 0.1) is 12.0 Å².